The van der Waals surface area contributed by atoms with Crippen molar-refractivity contribution in [3.05, 3.63) is 35.6 Å². The molecule has 1 fully saturated rings. The molecule has 1 aliphatic rings. The predicted octanol–water partition coefficient (Wildman–Crippen LogP) is 5.34. The highest BCUT2D eigenvalue weighted by Crippen LogP contribution is 2.42. The van der Waals surface area contributed by atoms with Crippen LogP contribution in [0.1, 0.15) is 31.2 Å². The molecule has 0 N–H and O–H groups in total. The van der Waals surface area contributed by atoms with E-state index < -0.39 is 12.1 Å². The fourth-order valence-corrected chi connectivity index (χ4v) is 3.32. The Morgan fingerprint density at radius 1 is 1.25 bits per heavy atom. The van der Waals surface area contributed by atoms with Crippen molar-refractivity contribution in [2.75, 3.05) is 0 Å². The maximum atomic E-state index is 13.1. The molecule has 5 heteroatoms. The molecule has 2 rings (SSSR count). The van der Waals surface area contributed by atoms with Crippen molar-refractivity contribution in [1.29, 1.82) is 0 Å². The molecule has 1 aromatic rings. The third-order valence-corrected chi connectivity index (χ3v) is 4.52. The van der Waals surface area contributed by atoms with Gasteiger partial charge in [0.15, 0.2) is 0 Å². The van der Waals surface area contributed by atoms with Gasteiger partial charge in [-0.1, -0.05) is 18.6 Å². The van der Waals surface area contributed by atoms with E-state index in [0.29, 0.717) is 12.8 Å². The van der Waals surface area contributed by atoms with Gasteiger partial charge in [0.25, 0.3) is 0 Å². The van der Waals surface area contributed by atoms with E-state index in [2.05, 4.69) is 0 Å². The summed E-state index contributed by atoms with van der Waals surface area (Å²) in [7, 11) is 0. The van der Waals surface area contributed by atoms with Gasteiger partial charge in [-0.2, -0.15) is 13.2 Å². The molecule has 0 bridgehead atoms. The Morgan fingerprint density at radius 2 is 2.00 bits per heavy atom. The van der Waals surface area contributed by atoms with Crippen LogP contribution in [0.2, 0.25) is 0 Å². The predicted molar refractivity (Wildman–Crippen MR) is 71.2 cm³/mol. The topological polar surface area (TPSA) is 0 Å². The zero-order valence-electron chi connectivity index (χ0n) is 11.0. The highest BCUT2D eigenvalue weighted by molar-refractivity contribution is 6.20. The Balaban J connectivity index is 1.97. The Bertz CT molecular complexity index is 444. The van der Waals surface area contributed by atoms with Crippen LogP contribution in [0.15, 0.2) is 24.3 Å². The molecule has 0 saturated heterocycles. The lowest BCUT2D eigenvalue weighted by molar-refractivity contribution is -0.185. The number of alkyl halides is 4. The lowest BCUT2D eigenvalue weighted by Crippen LogP contribution is -2.32. The van der Waals surface area contributed by atoms with Crippen LogP contribution in [0.3, 0.4) is 0 Å². The summed E-state index contributed by atoms with van der Waals surface area (Å²) in [6, 6.07) is 6.07. The van der Waals surface area contributed by atoms with Crippen molar-refractivity contribution in [2.24, 2.45) is 11.8 Å². The minimum atomic E-state index is -4.13. The summed E-state index contributed by atoms with van der Waals surface area (Å²) in [6.07, 6.45) is -2.16. The van der Waals surface area contributed by atoms with Gasteiger partial charge >= 0.3 is 6.18 Å². The summed E-state index contributed by atoms with van der Waals surface area (Å²) in [6.45, 7) is 0. The van der Waals surface area contributed by atoms with E-state index in [1.54, 1.807) is 12.1 Å². The van der Waals surface area contributed by atoms with Gasteiger partial charge in [-0.3, -0.25) is 0 Å². The van der Waals surface area contributed by atoms with Gasteiger partial charge in [-0.25, -0.2) is 4.39 Å². The molecule has 0 aliphatic heterocycles. The zero-order chi connectivity index (χ0) is 14.8. The second kappa shape index (κ2) is 6.33. The van der Waals surface area contributed by atoms with E-state index in [1.807, 2.05) is 0 Å². The SMILES string of the molecule is Fc1cccc(CC(Cl)C2CCCC(C(F)(F)F)C2)c1. The first kappa shape index (κ1) is 15.6. The van der Waals surface area contributed by atoms with E-state index in [-0.39, 0.29) is 30.0 Å². The Morgan fingerprint density at radius 3 is 2.65 bits per heavy atom. The first-order valence-electron chi connectivity index (χ1n) is 6.81. The smallest absolute Gasteiger partial charge is 0.207 e. The Labute approximate surface area is 121 Å². The monoisotopic (exact) mass is 308 g/mol. The Kier molecular flexibility index (Phi) is 4.95. The molecule has 0 nitrogen and oxygen atoms in total. The van der Waals surface area contributed by atoms with Gasteiger partial charge in [-0.15, -0.1) is 11.6 Å². The van der Waals surface area contributed by atoms with Crippen molar-refractivity contribution in [3.8, 4) is 0 Å². The summed E-state index contributed by atoms with van der Waals surface area (Å²) >= 11 is 6.27. The van der Waals surface area contributed by atoms with Gasteiger partial charge in [0.2, 0.25) is 0 Å². The van der Waals surface area contributed by atoms with Crippen LogP contribution in [0, 0.1) is 17.7 Å². The number of halogens is 5. The maximum Gasteiger partial charge on any atom is 0.391 e. The lowest BCUT2D eigenvalue weighted by Gasteiger charge is -2.33. The molecular weight excluding hydrogens is 292 g/mol. The van der Waals surface area contributed by atoms with Crippen molar-refractivity contribution < 1.29 is 17.6 Å². The van der Waals surface area contributed by atoms with E-state index in [0.717, 1.165) is 12.0 Å². The van der Waals surface area contributed by atoms with Crippen LogP contribution in [-0.2, 0) is 6.42 Å². The summed E-state index contributed by atoms with van der Waals surface area (Å²) < 4.78 is 51.4. The minimum Gasteiger partial charge on any atom is -0.207 e. The van der Waals surface area contributed by atoms with Gasteiger partial charge < -0.3 is 0 Å². The highest BCUT2D eigenvalue weighted by atomic mass is 35.5. The lowest BCUT2D eigenvalue weighted by atomic mass is 9.78. The molecule has 1 saturated carbocycles. The van der Waals surface area contributed by atoms with Crippen LogP contribution >= 0.6 is 11.6 Å². The maximum absolute atomic E-state index is 13.1. The Hall–Kier alpha value is -0.770. The molecule has 1 aromatic carbocycles. The van der Waals surface area contributed by atoms with Crippen LogP contribution in [0.25, 0.3) is 0 Å². The zero-order valence-corrected chi connectivity index (χ0v) is 11.7. The average Bonchev–Trinajstić information content (AvgIpc) is 2.38. The third kappa shape index (κ3) is 4.11. The molecule has 0 amide bonds. The molecule has 20 heavy (non-hydrogen) atoms. The molecule has 0 heterocycles. The van der Waals surface area contributed by atoms with Crippen molar-refractivity contribution >= 4 is 11.6 Å². The summed E-state index contributed by atoms with van der Waals surface area (Å²) in [4.78, 5) is 0. The van der Waals surface area contributed by atoms with Crippen LogP contribution in [0.4, 0.5) is 17.6 Å². The fourth-order valence-electron chi connectivity index (χ4n) is 2.91. The first-order valence-corrected chi connectivity index (χ1v) is 7.25. The molecule has 0 spiro atoms. The molecule has 3 atom stereocenters. The van der Waals surface area contributed by atoms with E-state index in [9.17, 15) is 17.6 Å². The second-order valence-electron chi connectivity index (χ2n) is 5.52. The quantitative estimate of drug-likeness (QED) is 0.522. The number of rotatable bonds is 3. The summed E-state index contributed by atoms with van der Waals surface area (Å²) in [5, 5.41) is -0.373. The standard InChI is InChI=1S/C15H17ClF4/c16-14(8-10-3-1-6-13(17)7-10)11-4-2-5-12(9-11)15(18,19)20/h1,3,6-7,11-12,14H,2,4-5,8-9H2. The van der Waals surface area contributed by atoms with Gasteiger partial charge in [0, 0.05) is 5.38 Å². The summed E-state index contributed by atoms with van der Waals surface area (Å²) in [5.74, 6) is -1.74. The molecular formula is C15H17ClF4. The molecule has 0 radical (unpaired) electrons. The number of hydrogen-bond donors (Lipinski definition) is 0. The number of hydrogen-bond acceptors (Lipinski definition) is 0. The van der Waals surface area contributed by atoms with Gasteiger partial charge in [0.1, 0.15) is 5.82 Å². The second-order valence-corrected chi connectivity index (χ2v) is 6.08. The number of benzene rings is 1. The largest absolute Gasteiger partial charge is 0.391 e. The van der Waals surface area contributed by atoms with E-state index >= 15 is 0 Å². The summed E-state index contributed by atoms with van der Waals surface area (Å²) in [5.41, 5.74) is 0.735. The molecule has 112 valence electrons. The van der Waals surface area contributed by atoms with E-state index in [4.69, 9.17) is 11.6 Å². The molecule has 1 aliphatic carbocycles. The van der Waals surface area contributed by atoms with Gasteiger partial charge in [-0.05, 0) is 49.3 Å². The van der Waals surface area contributed by atoms with E-state index in [1.165, 1.54) is 12.1 Å². The highest BCUT2D eigenvalue weighted by Gasteiger charge is 2.43. The van der Waals surface area contributed by atoms with Crippen molar-refractivity contribution in [3.63, 3.8) is 0 Å². The average molecular weight is 309 g/mol. The fraction of sp³-hybridized carbons (Fsp3) is 0.600. The van der Waals surface area contributed by atoms with Crippen LogP contribution in [-0.4, -0.2) is 11.6 Å². The third-order valence-electron chi connectivity index (χ3n) is 4.01. The van der Waals surface area contributed by atoms with Crippen molar-refractivity contribution in [2.45, 2.75) is 43.7 Å². The first-order chi connectivity index (χ1) is 9.36. The van der Waals surface area contributed by atoms with Gasteiger partial charge in [0.05, 0.1) is 5.92 Å². The van der Waals surface area contributed by atoms with Crippen molar-refractivity contribution in [1.82, 2.24) is 0 Å². The van der Waals surface area contributed by atoms with Crippen LogP contribution < -0.4 is 0 Å². The molecule has 3 unspecified atom stereocenters. The normalized spacial score (nSPS) is 25.4. The molecule has 0 aromatic heterocycles. The minimum absolute atomic E-state index is 0.0903. The van der Waals surface area contributed by atoms with Crippen LogP contribution in [0.5, 0.6) is 0 Å².